The quantitative estimate of drug-likeness (QED) is 0.856. The number of carbonyl (C=O) groups excluding carboxylic acids is 1. The van der Waals surface area contributed by atoms with Gasteiger partial charge in [-0.05, 0) is 30.0 Å². The molecule has 1 aromatic rings. The molecule has 140 valence electrons. The molecule has 0 aromatic heterocycles. The van der Waals surface area contributed by atoms with Gasteiger partial charge in [0.15, 0.2) is 0 Å². The van der Waals surface area contributed by atoms with E-state index < -0.39 is 0 Å². The maximum atomic E-state index is 12.4. The van der Waals surface area contributed by atoms with E-state index in [9.17, 15) is 4.79 Å². The fourth-order valence-corrected chi connectivity index (χ4v) is 3.55. The lowest BCUT2D eigenvalue weighted by molar-refractivity contribution is 0.00758. The average molecular weight is 369 g/mol. The van der Waals surface area contributed by atoms with Crippen molar-refractivity contribution < 1.29 is 14.3 Å². The molecule has 1 saturated heterocycles. The topological polar surface area (TPSA) is 50.8 Å². The number of halogens is 1. The molecule has 2 atom stereocenters. The molecule has 2 amide bonds. The van der Waals surface area contributed by atoms with Crippen molar-refractivity contribution >= 4 is 17.6 Å². The van der Waals surface area contributed by atoms with E-state index in [2.05, 4.69) is 26.1 Å². The van der Waals surface area contributed by atoms with Crippen molar-refractivity contribution in [3.8, 4) is 5.75 Å². The molecule has 2 rings (SSSR count). The molecular formula is C19H29ClN2O3. The normalized spacial score (nSPS) is 20.4. The van der Waals surface area contributed by atoms with Crippen molar-refractivity contribution in [3.05, 3.63) is 28.8 Å². The van der Waals surface area contributed by atoms with Gasteiger partial charge in [0, 0.05) is 36.7 Å². The number of hydrogen-bond acceptors (Lipinski definition) is 3. The van der Waals surface area contributed by atoms with Crippen LogP contribution >= 0.6 is 11.6 Å². The van der Waals surface area contributed by atoms with E-state index in [1.54, 1.807) is 25.1 Å². The summed E-state index contributed by atoms with van der Waals surface area (Å²) in [6.07, 6.45) is 1.15. The lowest BCUT2D eigenvalue weighted by Crippen LogP contribution is -2.43. The van der Waals surface area contributed by atoms with Crippen molar-refractivity contribution in [2.75, 3.05) is 27.3 Å². The number of methoxy groups -OCH3 is 1. The van der Waals surface area contributed by atoms with Gasteiger partial charge in [-0.2, -0.15) is 0 Å². The second kappa shape index (κ2) is 8.28. The molecular weight excluding hydrogens is 340 g/mol. The Kier molecular flexibility index (Phi) is 6.58. The molecule has 0 unspecified atom stereocenters. The standard InChI is InChI=1S/C19H29ClN2O3/c1-19(2,3)17-13(8-9-25-17)11-21-18(23)22(4)12-14-10-15(20)6-7-16(14)24-5/h6-7,10,13,17H,8-9,11-12H2,1-5H3,(H,21,23)/t13-,17+/m1/s1. The first kappa shape index (κ1) is 19.9. The van der Waals surface area contributed by atoms with Crippen molar-refractivity contribution in [2.45, 2.75) is 39.8 Å². The van der Waals surface area contributed by atoms with Crippen LogP contribution in [-0.4, -0.2) is 44.3 Å². The van der Waals surface area contributed by atoms with Gasteiger partial charge < -0.3 is 19.7 Å². The van der Waals surface area contributed by atoms with Crippen LogP contribution in [-0.2, 0) is 11.3 Å². The Bertz CT molecular complexity index is 601. The van der Waals surface area contributed by atoms with Gasteiger partial charge in [0.25, 0.3) is 0 Å². The third-order valence-electron chi connectivity index (χ3n) is 4.58. The Morgan fingerprint density at radius 2 is 2.16 bits per heavy atom. The number of ether oxygens (including phenoxy) is 2. The Hall–Kier alpha value is -1.46. The number of carbonyl (C=O) groups is 1. The second-order valence-corrected chi connectivity index (χ2v) is 8.14. The summed E-state index contributed by atoms with van der Waals surface area (Å²) in [5.74, 6) is 1.07. The highest BCUT2D eigenvalue weighted by molar-refractivity contribution is 6.30. The van der Waals surface area contributed by atoms with Crippen molar-refractivity contribution in [2.24, 2.45) is 11.3 Å². The maximum absolute atomic E-state index is 12.4. The van der Waals surface area contributed by atoms with Gasteiger partial charge in [-0.3, -0.25) is 0 Å². The maximum Gasteiger partial charge on any atom is 0.317 e. The molecule has 1 N–H and O–H groups in total. The molecule has 1 aliphatic heterocycles. The van der Waals surface area contributed by atoms with Gasteiger partial charge in [0.1, 0.15) is 5.75 Å². The Labute approximate surface area is 155 Å². The van der Waals surface area contributed by atoms with Crippen molar-refractivity contribution in [1.82, 2.24) is 10.2 Å². The van der Waals surface area contributed by atoms with Gasteiger partial charge in [0.05, 0.1) is 19.8 Å². The third kappa shape index (κ3) is 5.25. The van der Waals surface area contributed by atoms with Gasteiger partial charge in [-0.15, -0.1) is 0 Å². The van der Waals surface area contributed by atoms with E-state index in [4.69, 9.17) is 21.1 Å². The van der Waals surface area contributed by atoms with E-state index in [-0.39, 0.29) is 17.6 Å². The summed E-state index contributed by atoms with van der Waals surface area (Å²) in [7, 11) is 3.38. The van der Waals surface area contributed by atoms with Crippen LogP contribution in [0, 0.1) is 11.3 Å². The molecule has 0 spiro atoms. The molecule has 1 aromatic carbocycles. The largest absolute Gasteiger partial charge is 0.496 e. The summed E-state index contributed by atoms with van der Waals surface area (Å²) >= 11 is 6.05. The molecule has 0 bridgehead atoms. The van der Waals surface area contributed by atoms with E-state index in [0.29, 0.717) is 24.0 Å². The molecule has 1 aliphatic rings. The van der Waals surface area contributed by atoms with Crippen LogP contribution in [0.15, 0.2) is 18.2 Å². The minimum atomic E-state index is -0.110. The Morgan fingerprint density at radius 1 is 1.44 bits per heavy atom. The number of rotatable bonds is 5. The SMILES string of the molecule is COc1ccc(Cl)cc1CN(C)C(=O)NC[C@H]1CCO[C@@H]1C(C)(C)C. The zero-order valence-corrected chi connectivity index (χ0v) is 16.5. The van der Waals surface area contributed by atoms with Crippen LogP contribution in [0.5, 0.6) is 5.75 Å². The van der Waals surface area contributed by atoms with E-state index in [0.717, 1.165) is 24.3 Å². The predicted octanol–water partition coefficient (Wildman–Crippen LogP) is 3.94. The summed E-state index contributed by atoms with van der Waals surface area (Å²) in [6.45, 7) is 8.34. The minimum Gasteiger partial charge on any atom is -0.496 e. The zero-order valence-electron chi connectivity index (χ0n) is 15.8. The van der Waals surface area contributed by atoms with Crippen LogP contribution in [0.25, 0.3) is 0 Å². The first-order chi connectivity index (χ1) is 11.7. The molecule has 6 heteroatoms. The molecule has 0 aliphatic carbocycles. The van der Waals surface area contributed by atoms with Crippen LogP contribution < -0.4 is 10.1 Å². The Balaban J connectivity index is 1.92. The zero-order chi connectivity index (χ0) is 18.6. The van der Waals surface area contributed by atoms with Crippen LogP contribution in [0.2, 0.25) is 5.02 Å². The molecule has 25 heavy (non-hydrogen) atoms. The highest BCUT2D eigenvalue weighted by Crippen LogP contribution is 2.34. The van der Waals surface area contributed by atoms with Crippen LogP contribution in [0.1, 0.15) is 32.8 Å². The summed E-state index contributed by atoms with van der Waals surface area (Å²) in [6, 6.07) is 5.30. The van der Waals surface area contributed by atoms with E-state index in [1.807, 2.05) is 12.1 Å². The Morgan fingerprint density at radius 3 is 2.80 bits per heavy atom. The molecule has 1 fully saturated rings. The second-order valence-electron chi connectivity index (χ2n) is 7.70. The highest BCUT2D eigenvalue weighted by atomic mass is 35.5. The monoisotopic (exact) mass is 368 g/mol. The lowest BCUT2D eigenvalue weighted by atomic mass is 9.81. The van der Waals surface area contributed by atoms with Crippen LogP contribution in [0.3, 0.4) is 0 Å². The summed E-state index contributed by atoms with van der Waals surface area (Å²) in [4.78, 5) is 14.1. The van der Waals surface area contributed by atoms with Gasteiger partial charge >= 0.3 is 6.03 Å². The van der Waals surface area contributed by atoms with Gasteiger partial charge in [-0.1, -0.05) is 32.4 Å². The summed E-state index contributed by atoms with van der Waals surface area (Å²) in [5.41, 5.74) is 0.954. The first-order valence-corrected chi connectivity index (χ1v) is 9.03. The number of amides is 2. The van der Waals surface area contributed by atoms with Gasteiger partial charge in [-0.25, -0.2) is 4.79 Å². The number of benzene rings is 1. The van der Waals surface area contributed by atoms with Crippen LogP contribution in [0.4, 0.5) is 4.79 Å². The highest BCUT2D eigenvalue weighted by Gasteiger charge is 2.37. The molecule has 5 nitrogen and oxygen atoms in total. The molecule has 0 saturated carbocycles. The predicted molar refractivity (Wildman–Crippen MR) is 100 cm³/mol. The summed E-state index contributed by atoms with van der Waals surface area (Å²) < 4.78 is 11.2. The lowest BCUT2D eigenvalue weighted by Gasteiger charge is -2.31. The average Bonchev–Trinajstić information content (AvgIpc) is 3.01. The number of nitrogens with zero attached hydrogens (tertiary/aromatic N) is 1. The fourth-order valence-electron chi connectivity index (χ4n) is 3.35. The molecule has 0 radical (unpaired) electrons. The minimum absolute atomic E-state index is 0.0753. The third-order valence-corrected chi connectivity index (χ3v) is 4.81. The first-order valence-electron chi connectivity index (χ1n) is 8.65. The fraction of sp³-hybridized carbons (Fsp3) is 0.632. The smallest absolute Gasteiger partial charge is 0.317 e. The van der Waals surface area contributed by atoms with E-state index in [1.165, 1.54) is 0 Å². The number of urea groups is 1. The molecule has 1 heterocycles. The van der Waals surface area contributed by atoms with E-state index >= 15 is 0 Å². The van der Waals surface area contributed by atoms with Crippen molar-refractivity contribution in [3.63, 3.8) is 0 Å². The summed E-state index contributed by atoms with van der Waals surface area (Å²) in [5, 5.41) is 3.66. The number of nitrogens with one attached hydrogen (secondary N) is 1. The van der Waals surface area contributed by atoms with Crippen molar-refractivity contribution in [1.29, 1.82) is 0 Å². The van der Waals surface area contributed by atoms with Gasteiger partial charge in [0.2, 0.25) is 0 Å². The number of hydrogen-bond donors (Lipinski definition) is 1.